The maximum Gasteiger partial charge on any atom is 0.303 e. The highest BCUT2D eigenvalue weighted by atomic mass is 16.4. The molecule has 0 spiro atoms. The van der Waals surface area contributed by atoms with Gasteiger partial charge in [0.05, 0.1) is 11.9 Å². The Labute approximate surface area is 112 Å². The molecule has 0 fully saturated rings. The number of aryl methyl sites for hydroxylation is 1. The van der Waals surface area contributed by atoms with Gasteiger partial charge in [0.15, 0.2) is 0 Å². The first-order valence-electron chi connectivity index (χ1n) is 6.22. The Morgan fingerprint density at radius 1 is 1.21 bits per heavy atom. The van der Waals surface area contributed by atoms with E-state index in [9.17, 15) is 4.79 Å². The zero-order chi connectivity index (χ0) is 13.5. The second-order valence-electron chi connectivity index (χ2n) is 4.27. The number of para-hydroxylation sites is 1. The Morgan fingerprint density at radius 3 is 2.79 bits per heavy atom. The van der Waals surface area contributed by atoms with Gasteiger partial charge in [-0.1, -0.05) is 18.2 Å². The molecule has 19 heavy (non-hydrogen) atoms. The van der Waals surface area contributed by atoms with Crippen molar-refractivity contribution in [1.82, 2.24) is 4.98 Å². The number of carboxylic acid groups (broad SMARTS) is 1. The molecule has 0 amide bonds. The molecule has 0 atom stereocenters. The van der Waals surface area contributed by atoms with E-state index in [0.717, 1.165) is 23.4 Å². The van der Waals surface area contributed by atoms with Crippen molar-refractivity contribution in [3.8, 4) is 0 Å². The number of nitrogens with zero attached hydrogens (tertiary/aromatic N) is 1. The van der Waals surface area contributed by atoms with Crippen LogP contribution in [0.3, 0.4) is 0 Å². The third kappa shape index (κ3) is 4.10. The Bertz CT molecular complexity index is 541. The van der Waals surface area contributed by atoms with Gasteiger partial charge < -0.3 is 10.4 Å². The number of aliphatic carboxylic acids is 1. The first-order chi connectivity index (χ1) is 9.25. The minimum atomic E-state index is -0.752. The summed E-state index contributed by atoms with van der Waals surface area (Å²) in [6.45, 7) is 0. The molecule has 0 aliphatic carbocycles. The van der Waals surface area contributed by atoms with Crippen molar-refractivity contribution in [2.24, 2.45) is 0 Å². The highest BCUT2D eigenvalue weighted by Crippen LogP contribution is 2.21. The van der Waals surface area contributed by atoms with Gasteiger partial charge >= 0.3 is 5.97 Å². The van der Waals surface area contributed by atoms with Crippen molar-refractivity contribution >= 4 is 17.3 Å². The molecule has 4 nitrogen and oxygen atoms in total. The van der Waals surface area contributed by atoms with Crippen molar-refractivity contribution in [2.75, 3.05) is 5.32 Å². The van der Waals surface area contributed by atoms with Crippen molar-refractivity contribution in [3.05, 3.63) is 54.4 Å². The van der Waals surface area contributed by atoms with Gasteiger partial charge in [-0.3, -0.25) is 9.78 Å². The van der Waals surface area contributed by atoms with Crippen LogP contribution in [0, 0.1) is 0 Å². The number of carboxylic acids is 1. The van der Waals surface area contributed by atoms with E-state index in [0.29, 0.717) is 6.42 Å². The maximum absolute atomic E-state index is 10.5. The first kappa shape index (κ1) is 13.1. The lowest BCUT2D eigenvalue weighted by atomic mass is 10.1. The molecule has 0 saturated carbocycles. The van der Waals surface area contributed by atoms with Crippen LogP contribution in [0.15, 0.2) is 48.8 Å². The van der Waals surface area contributed by atoms with Gasteiger partial charge in [0.25, 0.3) is 0 Å². The van der Waals surface area contributed by atoms with Crippen molar-refractivity contribution in [3.63, 3.8) is 0 Å². The van der Waals surface area contributed by atoms with E-state index < -0.39 is 5.97 Å². The van der Waals surface area contributed by atoms with Crippen LogP contribution in [-0.4, -0.2) is 16.1 Å². The van der Waals surface area contributed by atoms with E-state index in [4.69, 9.17) is 5.11 Å². The number of hydrogen-bond donors (Lipinski definition) is 2. The van der Waals surface area contributed by atoms with Crippen molar-refractivity contribution < 1.29 is 9.90 Å². The summed E-state index contributed by atoms with van der Waals surface area (Å²) >= 11 is 0. The minimum absolute atomic E-state index is 0.196. The lowest BCUT2D eigenvalue weighted by Gasteiger charge is -2.11. The predicted octanol–water partition coefficient (Wildman–Crippen LogP) is 3.23. The number of pyridine rings is 1. The molecular weight excluding hydrogens is 240 g/mol. The maximum atomic E-state index is 10.5. The molecular formula is C15H16N2O2. The fourth-order valence-corrected chi connectivity index (χ4v) is 1.88. The molecule has 0 radical (unpaired) electrons. The van der Waals surface area contributed by atoms with Crippen molar-refractivity contribution in [1.29, 1.82) is 0 Å². The molecule has 2 aromatic rings. The molecule has 1 aromatic heterocycles. The van der Waals surface area contributed by atoms with Gasteiger partial charge in [0.1, 0.15) is 0 Å². The summed E-state index contributed by atoms with van der Waals surface area (Å²) in [5.74, 6) is -0.752. The van der Waals surface area contributed by atoms with Gasteiger partial charge in [0, 0.05) is 18.3 Å². The first-order valence-corrected chi connectivity index (χ1v) is 6.22. The Hall–Kier alpha value is -2.36. The number of nitrogens with one attached hydrogen (secondary N) is 1. The number of aromatic nitrogens is 1. The molecule has 0 saturated heterocycles. The largest absolute Gasteiger partial charge is 0.481 e. The number of anilines is 2. The van der Waals surface area contributed by atoms with Gasteiger partial charge in [-0.15, -0.1) is 0 Å². The van der Waals surface area contributed by atoms with E-state index in [1.165, 1.54) is 0 Å². The molecule has 98 valence electrons. The van der Waals surface area contributed by atoms with Gasteiger partial charge in [0.2, 0.25) is 0 Å². The lowest BCUT2D eigenvalue weighted by molar-refractivity contribution is -0.137. The number of benzene rings is 1. The SMILES string of the molecule is O=C(O)CCCc1ccccc1Nc1cccnc1. The predicted molar refractivity (Wildman–Crippen MR) is 74.5 cm³/mol. The summed E-state index contributed by atoms with van der Waals surface area (Å²) in [7, 11) is 0. The van der Waals surface area contributed by atoms with Crippen LogP contribution in [0.1, 0.15) is 18.4 Å². The summed E-state index contributed by atoms with van der Waals surface area (Å²) in [6.07, 6.45) is 5.07. The number of carbonyl (C=O) groups is 1. The highest BCUT2D eigenvalue weighted by molar-refractivity contribution is 5.67. The second kappa shape index (κ2) is 6.54. The van der Waals surface area contributed by atoms with E-state index in [2.05, 4.69) is 10.3 Å². The second-order valence-corrected chi connectivity index (χ2v) is 4.27. The van der Waals surface area contributed by atoms with Crippen LogP contribution in [0.25, 0.3) is 0 Å². The summed E-state index contributed by atoms with van der Waals surface area (Å²) in [5, 5.41) is 12.0. The lowest BCUT2D eigenvalue weighted by Crippen LogP contribution is -1.99. The molecule has 0 unspecified atom stereocenters. The van der Waals surface area contributed by atoms with Crippen LogP contribution < -0.4 is 5.32 Å². The topological polar surface area (TPSA) is 62.2 Å². The molecule has 1 heterocycles. The smallest absolute Gasteiger partial charge is 0.303 e. The van der Waals surface area contributed by atoms with E-state index in [1.54, 1.807) is 12.4 Å². The Morgan fingerprint density at radius 2 is 2.05 bits per heavy atom. The summed E-state index contributed by atoms with van der Waals surface area (Å²) in [5.41, 5.74) is 3.04. The molecule has 0 aliphatic heterocycles. The van der Waals surface area contributed by atoms with Crippen LogP contribution >= 0.6 is 0 Å². The third-order valence-electron chi connectivity index (χ3n) is 2.79. The molecule has 2 N–H and O–H groups in total. The number of rotatable bonds is 6. The van der Waals surface area contributed by atoms with E-state index in [1.807, 2.05) is 36.4 Å². The van der Waals surface area contributed by atoms with Crippen LogP contribution in [0.2, 0.25) is 0 Å². The van der Waals surface area contributed by atoms with Crippen LogP contribution in [0.5, 0.6) is 0 Å². The summed E-state index contributed by atoms with van der Waals surface area (Å²) in [6, 6.07) is 11.7. The molecule has 1 aromatic carbocycles. The minimum Gasteiger partial charge on any atom is -0.481 e. The fourth-order valence-electron chi connectivity index (χ4n) is 1.88. The van der Waals surface area contributed by atoms with Crippen LogP contribution in [0.4, 0.5) is 11.4 Å². The monoisotopic (exact) mass is 256 g/mol. The van der Waals surface area contributed by atoms with Crippen LogP contribution in [-0.2, 0) is 11.2 Å². The zero-order valence-electron chi connectivity index (χ0n) is 10.5. The van der Waals surface area contributed by atoms with E-state index in [-0.39, 0.29) is 6.42 Å². The average molecular weight is 256 g/mol. The Balaban J connectivity index is 2.06. The normalized spacial score (nSPS) is 10.1. The molecule has 2 rings (SSSR count). The van der Waals surface area contributed by atoms with Gasteiger partial charge in [-0.05, 0) is 36.6 Å². The highest BCUT2D eigenvalue weighted by Gasteiger charge is 2.04. The molecule has 0 aliphatic rings. The third-order valence-corrected chi connectivity index (χ3v) is 2.79. The molecule has 0 bridgehead atoms. The van der Waals surface area contributed by atoms with Crippen molar-refractivity contribution in [2.45, 2.75) is 19.3 Å². The van der Waals surface area contributed by atoms with Gasteiger partial charge in [-0.25, -0.2) is 0 Å². The fraction of sp³-hybridized carbons (Fsp3) is 0.200. The zero-order valence-corrected chi connectivity index (χ0v) is 10.5. The van der Waals surface area contributed by atoms with Gasteiger partial charge in [-0.2, -0.15) is 0 Å². The summed E-state index contributed by atoms with van der Waals surface area (Å²) in [4.78, 5) is 14.6. The van der Waals surface area contributed by atoms with E-state index >= 15 is 0 Å². The molecule has 4 heteroatoms. The average Bonchev–Trinajstić information content (AvgIpc) is 2.41. The summed E-state index contributed by atoms with van der Waals surface area (Å²) < 4.78 is 0. The quantitative estimate of drug-likeness (QED) is 0.833. The Kier molecular flexibility index (Phi) is 4.50. The standard InChI is InChI=1S/C15H16N2O2/c18-15(19)9-3-6-12-5-1-2-8-14(12)17-13-7-4-10-16-11-13/h1-2,4-5,7-8,10-11,17H,3,6,9H2,(H,18,19). The number of hydrogen-bond acceptors (Lipinski definition) is 3.